The van der Waals surface area contributed by atoms with E-state index in [1.807, 2.05) is 17.8 Å². The van der Waals surface area contributed by atoms with E-state index < -0.39 is 0 Å². The zero-order chi connectivity index (χ0) is 16.6. The van der Waals surface area contributed by atoms with Crippen molar-refractivity contribution in [3.63, 3.8) is 0 Å². The van der Waals surface area contributed by atoms with E-state index in [0.29, 0.717) is 5.92 Å². The van der Waals surface area contributed by atoms with Crippen LogP contribution in [0.5, 0.6) is 0 Å². The molecule has 0 aromatic carbocycles. The molecule has 7 heteroatoms. The monoisotopic (exact) mass is 397 g/mol. The Morgan fingerprint density at radius 1 is 1.39 bits per heavy atom. The van der Waals surface area contributed by atoms with Gasteiger partial charge in [-0.2, -0.15) is 5.10 Å². The van der Waals surface area contributed by atoms with Crippen molar-refractivity contribution in [1.29, 1.82) is 0 Å². The molecule has 0 spiro atoms. The van der Waals surface area contributed by atoms with Gasteiger partial charge >= 0.3 is 0 Å². The van der Waals surface area contributed by atoms with Crippen LogP contribution in [-0.2, 0) is 6.54 Å². The maximum Gasteiger partial charge on any atom is 0.148 e. The lowest BCUT2D eigenvalue weighted by molar-refractivity contribution is 0.481. The lowest BCUT2D eigenvalue weighted by atomic mass is 10.1. The predicted octanol–water partition coefficient (Wildman–Crippen LogP) is 4.39. The van der Waals surface area contributed by atoms with Gasteiger partial charge in [0.2, 0.25) is 0 Å². The average molecular weight is 399 g/mol. The first-order valence-electron chi connectivity index (χ1n) is 7.94. The van der Waals surface area contributed by atoms with Gasteiger partial charge in [-0.15, -0.1) is 0 Å². The smallest absolute Gasteiger partial charge is 0.148 e. The van der Waals surface area contributed by atoms with E-state index in [9.17, 15) is 0 Å². The third-order valence-electron chi connectivity index (χ3n) is 4.12. The van der Waals surface area contributed by atoms with Crippen LogP contribution in [0, 0.1) is 12.8 Å². The normalized spacial score (nSPS) is 18.2. The number of hydrogen-bond donors (Lipinski definition) is 0. The molecule has 0 N–H and O–H groups in total. The highest BCUT2D eigenvalue weighted by Gasteiger charge is 2.32. The van der Waals surface area contributed by atoms with Crippen molar-refractivity contribution in [3.8, 4) is 0 Å². The summed E-state index contributed by atoms with van der Waals surface area (Å²) in [5, 5.41) is 5.41. The molecular weight excluding hydrogens is 378 g/mol. The standard InChI is InChI=1S/C16H21BrClN5/c1-10(2)9-23-16(18)15(11(3)21-23)12-5-4-6-22(12)14-8-19-7-13(17)20-14/h7-8,10,12H,4-6,9H2,1-3H3. The summed E-state index contributed by atoms with van der Waals surface area (Å²) in [7, 11) is 0. The fourth-order valence-electron chi connectivity index (χ4n) is 3.22. The van der Waals surface area contributed by atoms with Gasteiger partial charge in [0, 0.05) is 18.7 Å². The van der Waals surface area contributed by atoms with Crippen molar-refractivity contribution in [2.75, 3.05) is 11.4 Å². The predicted molar refractivity (Wildman–Crippen MR) is 95.9 cm³/mol. The van der Waals surface area contributed by atoms with Crippen molar-refractivity contribution >= 4 is 33.3 Å². The summed E-state index contributed by atoms with van der Waals surface area (Å²) in [6.07, 6.45) is 5.68. The van der Waals surface area contributed by atoms with E-state index in [2.05, 4.69) is 49.7 Å². The van der Waals surface area contributed by atoms with E-state index in [0.717, 1.165) is 52.8 Å². The van der Waals surface area contributed by atoms with E-state index in [1.165, 1.54) is 0 Å². The van der Waals surface area contributed by atoms with Crippen molar-refractivity contribution < 1.29 is 0 Å². The molecule has 0 amide bonds. The summed E-state index contributed by atoms with van der Waals surface area (Å²) in [4.78, 5) is 11.1. The zero-order valence-corrected chi connectivity index (χ0v) is 16.0. The first kappa shape index (κ1) is 16.7. The number of halogens is 2. The van der Waals surface area contributed by atoms with Crippen LogP contribution in [0.2, 0.25) is 5.15 Å². The molecule has 1 aliphatic rings. The Bertz CT molecular complexity index is 700. The van der Waals surface area contributed by atoms with Crippen LogP contribution in [0.4, 0.5) is 5.82 Å². The van der Waals surface area contributed by atoms with Gasteiger partial charge in [-0.25, -0.2) is 4.98 Å². The highest BCUT2D eigenvalue weighted by Crippen LogP contribution is 2.40. The lowest BCUT2D eigenvalue weighted by Crippen LogP contribution is -2.24. The highest BCUT2D eigenvalue weighted by atomic mass is 79.9. The van der Waals surface area contributed by atoms with Crippen LogP contribution in [-0.4, -0.2) is 26.3 Å². The minimum Gasteiger partial charge on any atom is -0.348 e. The molecule has 3 rings (SSSR count). The number of aryl methyl sites for hydroxylation is 1. The maximum absolute atomic E-state index is 6.67. The number of anilines is 1. The number of aromatic nitrogens is 4. The summed E-state index contributed by atoms with van der Waals surface area (Å²) >= 11 is 10.1. The van der Waals surface area contributed by atoms with Crippen LogP contribution < -0.4 is 4.90 Å². The van der Waals surface area contributed by atoms with Crippen LogP contribution in [0.1, 0.15) is 44.0 Å². The summed E-state index contributed by atoms with van der Waals surface area (Å²) in [6.45, 7) is 8.18. The van der Waals surface area contributed by atoms with Crippen LogP contribution >= 0.6 is 27.5 Å². The first-order chi connectivity index (χ1) is 11.0. The Hall–Kier alpha value is -1.14. The van der Waals surface area contributed by atoms with E-state index >= 15 is 0 Å². The fraction of sp³-hybridized carbons (Fsp3) is 0.562. The fourth-order valence-corrected chi connectivity index (χ4v) is 3.89. The van der Waals surface area contributed by atoms with Crippen molar-refractivity contribution in [3.05, 3.63) is 33.4 Å². The van der Waals surface area contributed by atoms with Crippen molar-refractivity contribution in [2.24, 2.45) is 5.92 Å². The van der Waals surface area contributed by atoms with Gasteiger partial charge in [0.1, 0.15) is 15.6 Å². The molecule has 0 aliphatic carbocycles. The molecule has 1 saturated heterocycles. The molecule has 1 atom stereocenters. The first-order valence-corrected chi connectivity index (χ1v) is 9.11. The van der Waals surface area contributed by atoms with Gasteiger partial charge in [-0.1, -0.05) is 25.4 Å². The Morgan fingerprint density at radius 3 is 2.87 bits per heavy atom. The molecule has 2 aromatic heterocycles. The zero-order valence-electron chi connectivity index (χ0n) is 13.6. The van der Waals surface area contributed by atoms with Crippen molar-refractivity contribution in [1.82, 2.24) is 19.7 Å². The Balaban J connectivity index is 1.96. The average Bonchev–Trinajstić information content (AvgIpc) is 3.04. The Labute approximate surface area is 150 Å². The molecule has 2 aromatic rings. The van der Waals surface area contributed by atoms with Gasteiger partial charge in [0.05, 0.1) is 24.1 Å². The Morgan fingerprint density at radius 2 is 2.17 bits per heavy atom. The molecule has 0 bridgehead atoms. The maximum atomic E-state index is 6.67. The second-order valence-electron chi connectivity index (χ2n) is 6.42. The van der Waals surface area contributed by atoms with Gasteiger partial charge in [-0.05, 0) is 41.6 Å². The van der Waals surface area contributed by atoms with Gasteiger partial charge in [-0.3, -0.25) is 9.67 Å². The van der Waals surface area contributed by atoms with Crippen molar-refractivity contribution in [2.45, 2.75) is 46.2 Å². The molecule has 0 radical (unpaired) electrons. The number of rotatable bonds is 4. The third kappa shape index (κ3) is 3.38. The quantitative estimate of drug-likeness (QED) is 0.766. The lowest BCUT2D eigenvalue weighted by Gasteiger charge is -2.25. The largest absolute Gasteiger partial charge is 0.348 e. The minimum atomic E-state index is 0.215. The van der Waals surface area contributed by atoms with Crippen LogP contribution in [0.15, 0.2) is 17.0 Å². The van der Waals surface area contributed by atoms with E-state index in [4.69, 9.17) is 11.6 Å². The third-order valence-corrected chi connectivity index (χ3v) is 4.90. The second kappa shape index (κ2) is 6.77. The molecule has 1 unspecified atom stereocenters. The Kier molecular flexibility index (Phi) is 4.92. The summed E-state index contributed by atoms with van der Waals surface area (Å²) in [5.41, 5.74) is 2.14. The van der Waals surface area contributed by atoms with Gasteiger partial charge in [0.15, 0.2) is 0 Å². The summed E-state index contributed by atoms with van der Waals surface area (Å²) in [5.74, 6) is 1.39. The molecule has 1 fully saturated rings. The summed E-state index contributed by atoms with van der Waals surface area (Å²) in [6, 6.07) is 0.215. The molecule has 23 heavy (non-hydrogen) atoms. The summed E-state index contributed by atoms with van der Waals surface area (Å²) < 4.78 is 2.68. The topological polar surface area (TPSA) is 46.8 Å². The molecule has 0 saturated carbocycles. The SMILES string of the molecule is Cc1nn(CC(C)C)c(Cl)c1C1CCCN1c1cncc(Br)n1. The van der Waals surface area contributed by atoms with Gasteiger partial charge in [0.25, 0.3) is 0 Å². The van der Waals surface area contributed by atoms with Crippen LogP contribution in [0.25, 0.3) is 0 Å². The minimum absolute atomic E-state index is 0.215. The molecule has 1 aliphatic heterocycles. The molecule has 5 nitrogen and oxygen atoms in total. The number of nitrogens with zero attached hydrogens (tertiary/aromatic N) is 5. The molecular formula is C16H21BrClN5. The number of hydrogen-bond acceptors (Lipinski definition) is 4. The van der Waals surface area contributed by atoms with Gasteiger partial charge < -0.3 is 4.90 Å². The van der Waals surface area contributed by atoms with E-state index in [1.54, 1.807) is 6.20 Å². The van der Waals surface area contributed by atoms with E-state index in [-0.39, 0.29) is 6.04 Å². The molecule has 124 valence electrons. The molecule has 3 heterocycles. The van der Waals surface area contributed by atoms with Crippen LogP contribution in [0.3, 0.4) is 0 Å². The highest BCUT2D eigenvalue weighted by molar-refractivity contribution is 9.10. The second-order valence-corrected chi connectivity index (χ2v) is 7.59.